The Kier molecular flexibility index (Phi) is 4.74. The molecule has 1 amide bonds. The normalized spacial score (nSPS) is 13.9. The highest BCUT2D eigenvalue weighted by atomic mass is 32.2. The van der Waals surface area contributed by atoms with Gasteiger partial charge in [-0.2, -0.15) is 4.36 Å². The van der Waals surface area contributed by atoms with Crippen molar-refractivity contribution < 1.29 is 26.9 Å². The van der Waals surface area contributed by atoms with E-state index in [-0.39, 0.29) is 5.56 Å². The van der Waals surface area contributed by atoms with Gasteiger partial charge in [0, 0.05) is 16.7 Å². The highest BCUT2D eigenvalue weighted by Gasteiger charge is 2.31. The first-order valence-corrected chi connectivity index (χ1v) is 8.27. The summed E-state index contributed by atoms with van der Waals surface area (Å²) in [5.74, 6) is -1.23. The lowest BCUT2D eigenvalue weighted by atomic mass is 10.2. The first kappa shape index (κ1) is 17.0. The summed E-state index contributed by atoms with van der Waals surface area (Å²) < 4.78 is 56.0. The molecule has 2 rings (SSSR count). The molecule has 0 aliphatic rings. The van der Waals surface area contributed by atoms with Gasteiger partial charge in [0.15, 0.2) is 0 Å². The second-order valence-corrected chi connectivity index (χ2v) is 6.84. The molecule has 2 aromatic rings. The summed E-state index contributed by atoms with van der Waals surface area (Å²) >= 11 is 0. The van der Waals surface area contributed by atoms with Crippen LogP contribution < -0.4 is 4.74 Å². The molecule has 0 N–H and O–H groups in total. The molecule has 23 heavy (non-hydrogen) atoms. The van der Waals surface area contributed by atoms with Gasteiger partial charge in [-0.25, -0.2) is 4.21 Å². The Labute approximate surface area is 131 Å². The van der Waals surface area contributed by atoms with Crippen LogP contribution in [-0.2, 0) is 9.73 Å². The summed E-state index contributed by atoms with van der Waals surface area (Å²) in [6, 6.07) is 12.5. The number of halogens is 3. The van der Waals surface area contributed by atoms with Crippen molar-refractivity contribution in [3.8, 4) is 5.75 Å². The lowest BCUT2D eigenvalue weighted by molar-refractivity contribution is -0.274. The monoisotopic (exact) mass is 343 g/mol. The van der Waals surface area contributed by atoms with Crippen molar-refractivity contribution in [2.24, 2.45) is 4.36 Å². The van der Waals surface area contributed by atoms with Crippen LogP contribution in [0.3, 0.4) is 0 Å². The predicted molar refractivity (Wildman–Crippen MR) is 78.7 cm³/mol. The Morgan fingerprint density at radius 1 is 1.04 bits per heavy atom. The summed E-state index contributed by atoms with van der Waals surface area (Å²) in [5, 5.41) is 0. The molecule has 0 radical (unpaired) electrons. The molecular formula is C15H12F3NO3S. The first-order chi connectivity index (χ1) is 10.7. The van der Waals surface area contributed by atoms with Crippen LogP contribution in [0.1, 0.15) is 10.4 Å². The molecule has 0 aliphatic heterocycles. The number of amides is 1. The van der Waals surface area contributed by atoms with E-state index in [0.29, 0.717) is 4.90 Å². The van der Waals surface area contributed by atoms with Crippen LogP contribution in [0.2, 0.25) is 0 Å². The van der Waals surface area contributed by atoms with Crippen LogP contribution in [0.4, 0.5) is 13.2 Å². The Hall–Kier alpha value is -2.35. The molecule has 8 heteroatoms. The van der Waals surface area contributed by atoms with Gasteiger partial charge >= 0.3 is 6.36 Å². The van der Waals surface area contributed by atoms with Gasteiger partial charge in [0.2, 0.25) is 0 Å². The van der Waals surface area contributed by atoms with Gasteiger partial charge in [0.25, 0.3) is 5.91 Å². The molecule has 0 saturated heterocycles. The topological polar surface area (TPSA) is 55.7 Å². The van der Waals surface area contributed by atoms with Gasteiger partial charge in [-0.3, -0.25) is 4.79 Å². The van der Waals surface area contributed by atoms with Crippen molar-refractivity contribution in [1.82, 2.24) is 0 Å². The predicted octanol–water partition coefficient (Wildman–Crippen LogP) is 3.88. The van der Waals surface area contributed by atoms with Crippen molar-refractivity contribution in [2.45, 2.75) is 11.3 Å². The van der Waals surface area contributed by atoms with Crippen molar-refractivity contribution >= 4 is 15.6 Å². The maximum absolute atomic E-state index is 12.5. The lowest BCUT2D eigenvalue weighted by Gasteiger charge is -2.08. The van der Waals surface area contributed by atoms with Gasteiger partial charge < -0.3 is 4.74 Å². The van der Waals surface area contributed by atoms with Crippen LogP contribution >= 0.6 is 0 Å². The van der Waals surface area contributed by atoms with Crippen LogP contribution in [-0.4, -0.2) is 22.7 Å². The van der Waals surface area contributed by atoms with Gasteiger partial charge in [-0.1, -0.05) is 18.2 Å². The Morgan fingerprint density at radius 2 is 1.61 bits per heavy atom. The molecule has 4 nitrogen and oxygen atoms in total. The third-order valence-corrected chi connectivity index (χ3v) is 4.43. The van der Waals surface area contributed by atoms with Gasteiger partial charge in [-0.15, -0.1) is 13.2 Å². The molecule has 0 fully saturated rings. The molecule has 0 saturated carbocycles. The molecule has 2 aromatic carbocycles. The number of hydrogen-bond acceptors (Lipinski definition) is 3. The number of alkyl halides is 3. The summed E-state index contributed by atoms with van der Waals surface area (Å²) in [6.07, 6.45) is -3.48. The number of rotatable bonds is 3. The second-order valence-electron chi connectivity index (χ2n) is 4.58. The molecular weight excluding hydrogens is 331 g/mol. The lowest BCUT2D eigenvalue weighted by Crippen LogP contribution is -2.17. The fourth-order valence-corrected chi connectivity index (χ4v) is 2.93. The zero-order valence-electron chi connectivity index (χ0n) is 11.9. The molecule has 0 unspecified atom stereocenters. The van der Waals surface area contributed by atoms with Crippen LogP contribution in [0.15, 0.2) is 63.9 Å². The summed E-state index contributed by atoms with van der Waals surface area (Å²) in [6.45, 7) is 0. The molecule has 0 aliphatic carbocycles. The Bertz CT molecular complexity index is 808. The minimum atomic E-state index is -4.80. The number of hydrogen-bond donors (Lipinski definition) is 0. The van der Waals surface area contributed by atoms with E-state index >= 15 is 0 Å². The van der Waals surface area contributed by atoms with E-state index in [1.54, 1.807) is 30.3 Å². The smallest absolute Gasteiger partial charge is 0.406 e. The van der Waals surface area contributed by atoms with Gasteiger partial charge in [0.05, 0.1) is 9.73 Å². The fourth-order valence-electron chi connectivity index (χ4n) is 1.74. The standard InChI is InChI=1S/C15H12F3NO3S/c1-23(21,13-5-3-2-4-6-13)19-14(20)11-7-9-12(10-8-11)22-15(16,17)18/h2-10H,1H3/t23-/m1/s1. The van der Waals surface area contributed by atoms with Crippen LogP contribution in [0, 0.1) is 0 Å². The quantitative estimate of drug-likeness (QED) is 0.850. The van der Waals surface area contributed by atoms with E-state index in [9.17, 15) is 22.2 Å². The number of carbonyl (C=O) groups excluding carboxylic acids is 1. The van der Waals surface area contributed by atoms with E-state index in [4.69, 9.17) is 0 Å². The molecule has 0 bridgehead atoms. The summed E-state index contributed by atoms with van der Waals surface area (Å²) in [5.41, 5.74) is 0.0185. The molecule has 0 aromatic heterocycles. The molecule has 0 heterocycles. The maximum Gasteiger partial charge on any atom is 0.573 e. The minimum absolute atomic E-state index is 0.0185. The van der Waals surface area contributed by atoms with E-state index in [1.807, 2.05) is 0 Å². The second kappa shape index (κ2) is 6.41. The molecule has 122 valence electrons. The van der Waals surface area contributed by atoms with E-state index in [2.05, 4.69) is 9.10 Å². The third-order valence-electron chi connectivity index (χ3n) is 2.77. The first-order valence-electron chi connectivity index (χ1n) is 6.35. The SMILES string of the molecule is C[S@](=O)(=NC(=O)c1ccc(OC(F)(F)F)cc1)c1ccccc1. The van der Waals surface area contributed by atoms with E-state index in [1.165, 1.54) is 6.26 Å². The highest BCUT2D eigenvalue weighted by molar-refractivity contribution is 7.93. The van der Waals surface area contributed by atoms with Crippen molar-refractivity contribution in [3.63, 3.8) is 0 Å². The Morgan fingerprint density at radius 3 is 2.13 bits per heavy atom. The number of carbonyl (C=O) groups is 1. The number of ether oxygens (including phenoxy) is 1. The maximum atomic E-state index is 12.5. The van der Waals surface area contributed by atoms with Gasteiger partial charge in [0.1, 0.15) is 5.75 Å². The summed E-state index contributed by atoms with van der Waals surface area (Å²) in [4.78, 5) is 12.4. The van der Waals surface area contributed by atoms with Crippen molar-refractivity contribution in [2.75, 3.05) is 6.26 Å². The summed E-state index contributed by atoms with van der Waals surface area (Å²) in [7, 11) is -2.93. The molecule has 1 atom stereocenters. The highest BCUT2D eigenvalue weighted by Crippen LogP contribution is 2.23. The number of benzene rings is 2. The number of nitrogens with zero attached hydrogens (tertiary/aromatic N) is 1. The Balaban J connectivity index is 2.24. The van der Waals surface area contributed by atoms with Crippen LogP contribution in [0.5, 0.6) is 5.75 Å². The van der Waals surface area contributed by atoms with Crippen molar-refractivity contribution in [1.29, 1.82) is 0 Å². The van der Waals surface area contributed by atoms with Gasteiger partial charge in [-0.05, 0) is 36.4 Å². The minimum Gasteiger partial charge on any atom is -0.406 e. The molecule has 0 spiro atoms. The average molecular weight is 343 g/mol. The zero-order valence-corrected chi connectivity index (χ0v) is 12.7. The van der Waals surface area contributed by atoms with E-state index < -0.39 is 27.7 Å². The average Bonchev–Trinajstić information content (AvgIpc) is 2.47. The van der Waals surface area contributed by atoms with Crippen molar-refractivity contribution in [3.05, 3.63) is 60.2 Å². The zero-order chi connectivity index (χ0) is 17.1. The fraction of sp³-hybridized carbons (Fsp3) is 0.133. The third kappa shape index (κ3) is 4.82. The largest absolute Gasteiger partial charge is 0.573 e. The van der Waals surface area contributed by atoms with E-state index in [0.717, 1.165) is 24.3 Å². The van der Waals surface area contributed by atoms with Crippen LogP contribution in [0.25, 0.3) is 0 Å².